The monoisotopic (exact) mass is 575 g/mol. The minimum absolute atomic E-state index is 0.168. The predicted molar refractivity (Wildman–Crippen MR) is 153 cm³/mol. The first-order chi connectivity index (χ1) is 18.8. The number of fused-ring (bicyclic) bond motifs is 3. The SMILES string of the molecule is CN[C@H]1COCCCS(=O)(=O)NC(=O)c2ccc3c(c2)N(CCCCc2cc(Cl)ccc2CO3)C[C@@H]2CC[C@H]21. The lowest BCUT2D eigenvalue weighted by molar-refractivity contribution is 0.0494. The van der Waals surface area contributed by atoms with E-state index in [1.165, 1.54) is 5.56 Å². The maximum absolute atomic E-state index is 13.0. The molecule has 39 heavy (non-hydrogen) atoms. The lowest BCUT2D eigenvalue weighted by atomic mass is 9.69. The molecule has 8 nitrogen and oxygen atoms in total. The van der Waals surface area contributed by atoms with Gasteiger partial charge < -0.3 is 19.7 Å². The van der Waals surface area contributed by atoms with Crippen molar-refractivity contribution in [2.75, 3.05) is 44.0 Å². The summed E-state index contributed by atoms with van der Waals surface area (Å²) in [4.78, 5) is 15.4. The van der Waals surface area contributed by atoms with Crippen LogP contribution in [0.25, 0.3) is 0 Å². The molecule has 2 N–H and O–H groups in total. The van der Waals surface area contributed by atoms with Crippen molar-refractivity contribution in [1.29, 1.82) is 0 Å². The van der Waals surface area contributed by atoms with E-state index in [2.05, 4.69) is 14.9 Å². The third kappa shape index (κ3) is 6.88. The van der Waals surface area contributed by atoms with Crippen molar-refractivity contribution in [3.63, 3.8) is 0 Å². The highest BCUT2D eigenvalue weighted by Crippen LogP contribution is 2.40. The number of ether oxygens (including phenoxy) is 2. The lowest BCUT2D eigenvalue weighted by Crippen LogP contribution is -2.49. The fraction of sp³-hybridized carbons (Fsp3) is 0.552. The van der Waals surface area contributed by atoms with E-state index in [0.717, 1.165) is 61.5 Å². The number of sulfonamides is 1. The van der Waals surface area contributed by atoms with Crippen molar-refractivity contribution in [3.05, 3.63) is 58.1 Å². The zero-order valence-electron chi connectivity index (χ0n) is 22.5. The van der Waals surface area contributed by atoms with Crippen molar-refractivity contribution in [3.8, 4) is 5.75 Å². The highest BCUT2D eigenvalue weighted by Gasteiger charge is 2.38. The number of rotatable bonds is 1. The lowest BCUT2D eigenvalue weighted by Gasteiger charge is -2.44. The third-order valence-electron chi connectivity index (χ3n) is 8.30. The first-order valence-electron chi connectivity index (χ1n) is 13.9. The van der Waals surface area contributed by atoms with Gasteiger partial charge in [-0.1, -0.05) is 17.7 Å². The van der Waals surface area contributed by atoms with Gasteiger partial charge in [0.05, 0.1) is 18.0 Å². The first-order valence-corrected chi connectivity index (χ1v) is 15.9. The average molecular weight is 576 g/mol. The highest BCUT2D eigenvalue weighted by molar-refractivity contribution is 7.90. The van der Waals surface area contributed by atoms with E-state index in [9.17, 15) is 13.2 Å². The molecule has 1 fully saturated rings. The van der Waals surface area contributed by atoms with Gasteiger partial charge >= 0.3 is 0 Å². The second-order valence-electron chi connectivity index (χ2n) is 10.9. The van der Waals surface area contributed by atoms with Crippen LogP contribution in [0.15, 0.2) is 36.4 Å². The minimum Gasteiger partial charge on any atom is -0.487 e. The van der Waals surface area contributed by atoms with E-state index in [1.54, 1.807) is 18.2 Å². The summed E-state index contributed by atoms with van der Waals surface area (Å²) in [7, 11) is -1.82. The molecule has 0 radical (unpaired) electrons. The number of likely N-dealkylation sites (N-methyl/N-ethyl adjacent to an activating group) is 1. The number of nitrogens with zero attached hydrogens (tertiary/aromatic N) is 1. The number of amides is 1. The van der Waals surface area contributed by atoms with E-state index >= 15 is 0 Å². The van der Waals surface area contributed by atoms with E-state index in [-0.39, 0.29) is 11.8 Å². The van der Waals surface area contributed by atoms with Crippen molar-refractivity contribution in [2.24, 2.45) is 11.8 Å². The number of hydrogen-bond donors (Lipinski definition) is 2. The second-order valence-corrected chi connectivity index (χ2v) is 13.1. The number of anilines is 1. The van der Waals surface area contributed by atoms with E-state index in [4.69, 9.17) is 21.1 Å². The van der Waals surface area contributed by atoms with Gasteiger partial charge in [0.1, 0.15) is 12.4 Å². The highest BCUT2D eigenvalue weighted by atomic mass is 35.5. The topological polar surface area (TPSA) is 97.0 Å². The summed E-state index contributed by atoms with van der Waals surface area (Å²) in [5, 5.41) is 4.15. The smallest absolute Gasteiger partial charge is 0.264 e. The van der Waals surface area contributed by atoms with Crippen LogP contribution in [0.5, 0.6) is 5.75 Å². The number of benzene rings is 2. The van der Waals surface area contributed by atoms with Crippen LogP contribution in [0.1, 0.15) is 53.6 Å². The number of halogens is 1. The molecule has 3 atom stereocenters. The summed E-state index contributed by atoms with van der Waals surface area (Å²) in [5.41, 5.74) is 3.42. The maximum atomic E-state index is 13.0. The molecule has 10 heteroatoms. The molecule has 1 amide bonds. The van der Waals surface area contributed by atoms with Gasteiger partial charge in [-0.15, -0.1) is 0 Å². The molecule has 0 aromatic heterocycles. The normalized spacial score (nSPS) is 26.1. The molecule has 0 saturated heterocycles. The Morgan fingerprint density at radius 1 is 1.08 bits per heavy atom. The van der Waals surface area contributed by atoms with Gasteiger partial charge in [-0.05, 0) is 98.9 Å². The largest absolute Gasteiger partial charge is 0.487 e. The molecule has 0 unspecified atom stereocenters. The Hall–Kier alpha value is -2.33. The molecule has 2 aromatic rings. The van der Waals surface area contributed by atoms with Crippen LogP contribution < -0.4 is 19.7 Å². The summed E-state index contributed by atoms with van der Waals surface area (Å²) < 4.78 is 39.7. The van der Waals surface area contributed by atoms with Crippen LogP contribution >= 0.6 is 11.6 Å². The Morgan fingerprint density at radius 2 is 1.95 bits per heavy atom. The van der Waals surface area contributed by atoms with E-state index in [1.807, 2.05) is 25.2 Å². The van der Waals surface area contributed by atoms with Gasteiger partial charge in [-0.3, -0.25) is 4.79 Å². The Labute approximate surface area is 236 Å². The molecule has 0 spiro atoms. The Morgan fingerprint density at radius 3 is 2.74 bits per heavy atom. The van der Waals surface area contributed by atoms with Crippen molar-refractivity contribution < 1.29 is 22.7 Å². The number of carbonyl (C=O) groups excluding carboxylic acids is 1. The Kier molecular flexibility index (Phi) is 9.01. The quantitative estimate of drug-likeness (QED) is 0.527. The molecule has 3 aliphatic rings. The number of carbonyl (C=O) groups is 1. The summed E-state index contributed by atoms with van der Waals surface area (Å²) >= 11 is 6.30. The van der Waals surface area contributed by atoms with Crippen LogP contribution in [0, 0.1) is 11.8 Å². The maximum Gasteiger partial charge on any atom is 0.264 e. The van der Waals surface area contributed by atoms with Gasteiger partial charge in [-0.2, -0.15) is 0 Å². The molecule has 2 bridgehead atoms. The summed E-state index contributed by atoms with van der Waals surface area (Å²) in [5.74, 6) is 0.830. The summed E-state index contributed by atoms with van der Waals surface area (Å²) in [6.45, 7) is 2.90. The second kappa shape index (κ2) is 12.5. The zero-order chi connectivity index (χ0) is 27.4. The molecule has 5 rings (SSSR count). The molecular formula is C29H38ClN3O5S. The number of hydrogen-bond acceptors (Lipinski definition) is 7. The van der Waals surface area contributed by atoms with Crippen molar-refractivity contribution >= 4 is 33.2 Å². The van der Waals surface area contributed by atoms with E-state index in [0.29, 0.717) is 49.4 Å². The van der Waals surface area contributed by atoms with Crippen LogP contribution in [0.2, 0.25) is 5.02 Å². The number of aryl methyl sites for hydroxylation is 1. The molecule has 2 heterocycles. The molecule has 2 aliphatic heterocycles. The first kappa shape index (κ1) is 28.2. The number of nitrogens with one attached hydrogen (secondary N) is 2. The molecule has 2 aromatic carbocycles. The molecular weight excluding hydrogens is 538 g/mol. The summed E-state index contributed by atoms with van der Waals surface area (Å²) in [6, 6.07) is 11.4. The predicted octanol–water partition coefficient (Wildman–Crippen LogP) is 4.16. The van der Waals surface area contributed by atoms with Gasteiger partial charge in [0.25, 0.3) is 5.91 Å². The standard InChI is InChI=1S/C29H38ClN3O5S/c1-31-26-19-37-13-4-14-39(35,36)32-29(34)21-8-11-28-27(16-21)33(17-22-7-10-25(22)26)12-3-2-5-20-15-24(30)9-6-23(20)18-38-28/h6,8-9,11,15-16,22,25-26,31H,2-5,7,10,12-14,17-19H2,1H3,(H,32,34)/t22-,25+,26-/m0/s1. The van der Waals surface area contributed by atoms with Crippen LogP contribution in [0.3, 0.4) is 0 Å². The Bertz CT molecular complexity index is 1290. The van der Waals surface area contributed by atoms with Gasteiger partial charge in [0, 0.05) is 36.3 Å². The van der Waals surface area contributed by atoms with Gasteiger partial charge in [-0.25, -0.2) is 13.1 Å². The zero-order valence-corrected chi connectivity index (χ0v) is 24.0. The third-order valence-corrected chi connectivity index (χ3v) is 9.86. The fourth-order valence-electron chi connectivity index (χ4n) is 5.95. The van der Waals surface area contributed by atoms with Crippen molar-refractivity contribution in [2.45, 2.75) is 51.2 Å². The van der Waals surface area contributed by atoms with Gasteiger partial charge in [0.2, 0.25) is 10.0 Å². The van der Waals surface area contributed by atoms with Crippen LogP contribution in [0.4, 0.5) is 5.69 Å². The minimum atomic E-state index is -3.79. The van der Waals surface area contributed by atoms with E-state index < -0.39 is 15.9 Å². The molecule has 1 aliphatic carbocycles. The van der Waals surface area contributed by atoms with Crippen LogP contribution in [-0.2, 0) is 27.8 Å². The van der Waals surface area contributed by atoms with Gasteiger partial charge in [0.15, 0.2) is 0 Å². The Balaban J connectivity index is 1.51. The average Bonchev–Trinajstić information content (AvgIpc) is 2.92. The van der Waals surface area contributed by atoms with Crippen molar-refractivity contribution in [1.82, 2.24) is 10.0 Å². The molecule has 1 saturated carbocycles. The van der Waals surface area contributed by atoms with Crippen LogP contribution in [-0.4, -0.2) is 59.5 Å². The fourth-order valence-corrected chi connectivity index (χ4v) is 7.14. The molecule has 212 valence electrons. The summed E-state index contributed by atoms with van der Waals surface area (Å²) in [6.07, 6.45) is 5.47.